The number of ether oxygens (including phenoxy) is 3. The Balaban J connectivity index is 1.94. The van der Waals surface area contributed by atoms with Crippen molar-refractivity contribution in [1.82, 2.24) is 0 Å². The van der Waals surface area contributed by atoms with Gasteiger partial charge >= 0.3 is 5.97 Å². The minimum absolute atomic E-state index is 0.0365. The van der Waals surface area contributed by atoms with Crippen molar-refractivity contribution in [2.45, 2.75) is 44.1 Å². The van der Waals surface area contributed by atoms with E-state index < -0.39 is 36.6 Å². The lowest BCUT2D eigenvalue weighted by molar-refractivity contribution is -0.294. The molecule has 1 aromatic rings. The second kappa shape index (κ2) is 7.83. The third-order valence-corrected chi connectivity index (χ3v) is 3.54. The molecule has 2 rings (SSSR count). The first-order chi connectivity index (χ1) is 11.0. The second-order valence-corrected chi connectivity index (χ2v) is 5.38. The van der Waals surface area contributed by atoms with Gasteiger partial charge in [0.25, 0.3) is 5.79 Å². The van der Waals surface area contributed by atoms with Crippen LogP contribution in [-0.2, 0) is 25.6 Å². The van der Waals surface area contributed by atoms with Gasteiger partial charge in [-0.05, 0) is 12.5 Å². The standard InChI is InChI=1S/C16H21FO6/c1-2-22-15(19)16(20)8-12(18)14(17)13(23-16)10-21-9-11-6-4-3-5-7-11/h3-7,12-14,18,20H,2,8-10H2,1H3/t12-,13-,14+,16-/m0/s1. The smallest absolute Gasteiger partial charge is 0.366 e. The molecule has 1 aliphatic rings. The van der Waals surface area contributed by atoms with Crippen LogP contribution in [0.15, 0.2) is 30.3 Å². The van der Waals surface area contributed by atoms with Gasteiger partial charge in [-0.25, -0.2) is 9.18 Å². The van der Waals surface area contributed by atoms with E-state index in [2.05, 4.69) is 0 Å². The summed E-state index contributed by atoms with van der Waals surface area (Å²) in [6, 6.07) is 9.24. The number of rotatable bonds is 6. The summed E-state index contributed by atoms with van der Waals surface area (Å²) in [6.07, 6.45) is -5.15. The molecule has 0 saturated carbocycles. The van der Waals surface area contributed by atoms with Gasteiger partial charge in [0.2, 0.25) is 0 Å². The molecular weight excluding hydrogens is 307 g/mol. The highest BCUT2D eigenvalue weighted by Crippen LogP contribution is 2.30. The molecule has 4 atom stereocenters. The molecule has 1 fully saturated rings. The number of carbonyl (C=O) groups is 1. The molecule has 23 heavy (non-hydrogen) atoms. The Kier molecular flexibility index (Phi) is 6.06. The highest BCUT2D eigenvalue weighted by molar-refractivity contribution is 5.77. The molecule has 0 unspecified atom stereocenters. The van der Waals surface area contributed by atoms with Gasteiger partial charge in [-0.1, -0.05) is 30.3 Å². The van der Waals surface area contributed by atoms with Gasteiger partial charge in [-0.3, -0.25) is 0 Å². The predicted octanol–water partition coefficient (Wildman–Crippen LogP) is 0.943. The summed E-state index contributed by atoms with van der Waals surface area (Å²) in [5.41, 5.74) is 0.889. The number of hydrogen-bond donors (Lipinski definition) is 2. The molecule has 7 heteroatoms. The van der Waals surface area contributed by atoms with E-state index in [4.69, 9.17) is 14.2 Å². The van der Waals surface area contributed by atoms with Crippen LogP contribution in [-0.4, -0.2) is 53.6 Å². The summed E-state index contributed by atoms with van der Waals surface area (Å²) < 4.78 is 29.2. The maximum absolute atomic E-state index is 14.0. The quantitative estimate of drug-likeness (QED) is 0.756. The number of benzene rings is 1. The fourth-order valence-corrected chi connectivity index (χ4v) is 2.38. The van der Waals surface area contributed by atoms with Crippen LogP contribution in [0.1, 0.15) is 18.9 Å². The topological polar surface area (TPSA) is 85.2 Å². The molecule has 1 heterocycles. The Morgan fingerprint density at radius 1 is 1.43 bits per heavy atom. The van der Waals surface area contributed by atoms with Crippen molar-refractivity contribution in [2.24, 2.45) is 0 Å². The van der Waals surface area contributed by atoms with E-state index in [1.165, 1.54) is 0 Å². The van der Waals surface area contributed by atoms with Gasteiger partial charge in [-0.2, -0.15) is 0 Å². The molecule has 0 radical (unpaired) electrons. The van der Waals surface area contributed by atoms with Crippen LogP contribution in [0.25, 0.3) is 0 Å². The summed E-state index contributed by atoms with van der Waals surface area (Å²) in [4.78, 5) is 11.7. The molecule has 1 aliphatic heterocycles. The number of hydrogen-bond acceptors (Lipinski definition) is 6. The first kappa shape index (κ1) is 17.8. The Morgan fingerprint density at radius 2 is 2.13 bits per heavy atom. The molecule has 2 N–H and O–H groups in total. The SMILES string of the molecule is CCOC(=O)[C@]1(O)C[C@H](O)[C@@H](F)[C@H](COCc2ccccc2)O1. The van der Waals surface area contributed by atoms with Crippen LogP contribution in [0.5, 0.6) is 0 Å². The molecule has 128 valence electrons. The highest BCUT2D eigenvalue weighted by Gasteiger charge is 2.51. The van der Waals surface area contributed by atoms with Crippen LogP contribution in [0, 0.1) is 0 Å². The average molecular weight is 328 g/mol. The minimum atomic E-state index is -2.36. The van der Waals surface area contributed by atoms with Gasteiger partial charge in [-0.15, -0.1) is 0 Å². The van der Waals surface area contributed by atoms with Crippen LogP contribution in [0.2, 0.25) is 0 Å². The van der Waals surface area contributed by atoms with E-state index in [0.29, 0.717) is 0 Å². The number of carbonyl (C=O) groups excluding carboxylic acids is 1. The zero-order chi connectivity index (χ0) is 16.9. The summed E-state index contributed by atoms with van der Waals surface area (Å²) in [5.74, 6) is -3.40. The van der Waals surface area contributed by atoms with Gasteiger partial charge in [0.1, 0.15) is 6.10 Å². The van der Waals surface area contributed by atoms with Crippen LogP contribution in [0.4, 0.5) is 4.39 Å². The predicted molar refractivity (Wildman–Crippen MR) is 78.1 cm³/mol. The van der Waals surface area contributed by atoms with E-state index in [9.17, 15) is 19.4 Å². The molecule has 1 saturated heterocycles. The van der Waals surface area contributed by atoms with E-state index in [1.807, 2.05) is 30.3 Å². The van der Waals surface area contributed by atoms with E-state index >= 15 is 0 Å². The normalized spacial score (nSPS) is 30.9. The van der Waals surface area contributed by atoms with Crippen LogP contribution < -0.4 is 0 Å². The van der Waals surface area contributed by atoms with E-state index in [1.54, 1.807) is 6.92 Å². The first-order valence-electron chi connectivity index (χ1n) is 7.47. The highest BCUT2D eigenvalue weighted by atomic mass is 19.1. The van der Waals surface area contributed by atoms with Crippen molar-refractivity contribution in [2.75, 3.05) is 13.2 Å². The van der Waals surface area contributed by atoms with Crippen molar-refractivity contribution in [3.8, 4) is 0 Å². The van der Waals surface area contributed by atoms with Gasteiger partial charge in [0.05, 0.1) is 25.9 Å². The molecular formula is C16H21FO6. The second-order valence-electron chi connectivity index (χ2n) is 5.38. The van der Waals surface area contributed by atoms with Crippen LogP contribution in [0.3, 0.4) is 0 Å². The Bertz CT molecular complexity index is 511. The zero-order valence-corrected chi connectivity index (χ0v) is 12.9. The summed E-state index contributed by atoms with van der Waals surface area (Å²) in [6.45, 7) is 1.62. The summed E-state index contributed by atoms with van der Waals surface area (Å²) in [5, 5.41) is 19.9. The maximum atomic E-state index is 14.0. The molecule has 1 aromatic carbocycles. The molecule has 0 bridgehead atoms. The summed E-state index contributed by atoms with van der Waals surface area (Å²) in [7, 11) is 0. The number of aliphatic hydroxyl groups is 2. The number of alkyl halides is 1. The number of aliphatic hydroxyl groups excluding tert-OH is 1. The van der Waals surface area contributed by atoms with Crippen molar-refractivity contribution < 1.29 is 33.6 Å². The molecule has 6 nitrogen and oxygen atoms in total. The van der Waals surface area contributed by atoms with Crippen LogP contribution >= 0.6 is 0 Å². The fourth-order valence-electron chi connectivity index (χ4n) is 2.38. The number of esters is 1. The van der Waals surface area contributed by atoms with Gasteiger partial charge < -0.3 is 24.4 Å². The third-order valence-electron chi connectivity index (χ3n) is 3.54. The van der Waals surface area contributed by atoms with E-state index in [0.717, 1.165) is 5.56 Å². The van der Waals surface area contributed by atoms with E-state index in [-0.39, 0.29) is 19.8 Å². The summed E-state index contributed by atoms with van der Waals surface area (Å²) >= 11 is 0. The lowest BCUT2D eigenvalue weighted by Crippen LogP contribution is -2.58. The third kappa shape index (κ3) is 4.48. The molecule has 0 aromatic heterocycles. The Labute approximate surface area is 133 Å². The minimum Gasteiger partial charge on any atom is -0.462 e. The monoisotopic (exact) mass is 328 g/mol. The van der Waals surface area contributed by atoms with Crippen molar-refractivity contribution in [1.29, 1.82) is 0 Å². The fraction of sp³-hybridized carbons (Fsp3) is 0.562. The van der Waals surface area contributed by atoms with Gasteiger partial charge in [0.15, 0.2) is 6.17 Å². The van der Waals surface area contributed by atoms with Crippen molar-refractivity contribution in [3.63, 3.8) is 0 Å². The lowest BCUT2D eigenvalue weighted by atomic mass is 9.96. The van der Waals surface area contributed by atoms with Gasteiger partial charge in [0, 0.05) is 6.42 Å². The maximum Gasteiger partial charge on any atom is 0.366 e. The molecule has 0 amide bonds. The van der Waals surface area contributed by atoms with Crippen molar-refractivity contribution >= 4 is 5.97 Å². The van der Waals surface area contributed by atoms with Crippen molar-refractivity contribution in [3.05, 3.63) is 35.9 Å². The zero-order valence-electron chi connectivity index (χ0n) is 12.9. The average Bonchev–Trinajstić information content (AvgIpc) is 2.53. The lowest BCUT2D eigenvalue weighted by Gasteiger charge is -2.39. The Hall–Kier alpha value is -1.54. The largest absolute Gasteiger partial charge is 0.462 e. The first-order valence-corrected chi connectivity index (χ1v) is 7.47. The molecule has 0 spiro atoms. The number of halogens is 1. The Morgan fingerprint density at radius 3 is 2.78 bits per heavy atom. The molecule has 0 aliphatic carbocycles.